The summed E-state index contributed by atoms with van der Waals surface area (Å²) >= 11 is 1.58. The van der Waals surface area contributed by atoms with Crippen LogP contribution < -0.4 is 5.32 Å². The van der Waals surface area contributed by atoms with E-state index in [0.29, 0.717) is 12.3 Å². The molecule has 1 saturated carbocycles. The Morgan fingerprint density at radius 1 is 1.69 bits per heavy atom. The van der Waals surface area contributed by atoms with Gasteiger partial charge in [-0.25, -0.2) is 0 Å². The summed E-state index contributed by atoms with van der Waals surface area (Å²) in [5, 5.41) is 12.5. The number of hydrogen-bond acceptors (Lipinski definition) is 3. The van der Waals surface area contributed by atoms with Crippen LogP contribution in [-0.2, 0) is 4.79 Å². The Bertz CT molecular complexity index is 190. The molecular formula is C9H17NO2S. The lowest BCUT2D eigenvalue weighted by molar-refractivity contribution is -0.123. The molecule has 0 aliphatic heterocycles. The average molecular weight is 203 g/mol. The molecule has 2 N–H and O–H groups in total. The zero-order valence-corrected chi connectivity index (χ0v) is 8.99. The molecule has 1 aliphatic rings. The van der Waals surface area contributed by atoms with Crippen molar-refractivity contribution in [2.75, 3.05) is 18.6 Å². The summed E-state index contributed by atoms with van der Waals surface area (Å²) in [5.74, 6) is 0.976. The maximum atomic E-state index is 11.2. The van der Waals surface area contributed by atoms with Gasteiger partial charge in [0.15, 0.2) is 0 Å². The molecule has 0 aromatic carbocycles. The summed E-state index contributed by atoms with van der Waals surface area (Å²) in [7, 11) is 0. The summed E-state index contributed by atoms with van der Waals surface area (Å²) in [6.07, 6.45) is 3.96. The zero-order chi connectivity index (χ0) is 9.90. The van der Waals surface area contributed by atoms with E-state index < -0.39 is 5.60 Å². The Labute approximate surface area is 83.3 Å². The Hall–Kier alpha value is -0.220. The SMILES string of the molecule is CSC[C@@](C)(O)CNC(=O)C1CC1. The highest BCUT2D eigenvalue weighted by Crippen LogP contribution is 2.28. The van der Waals surface area contributed by atoms with Gasteiger partial charge in [-0.2, -0.15) is 11.8 Å². The highest BCUT2D eigenvalue weighted by molar-refractivity contribution is 7.98. The van der Waals surface area contributed by atoms with Crippen molar-refractivity contribution < 1.29 is 9.90 Å². The molecule has 1 aliphatic carbocycles. The van der Waals surface area contributed by atoms with Gasteiger partial charge in [-0.3, -0.25) is 4.79 Å². The molecule has 0 bridgehead atoms. The molecule has 1 rings (SSSR count). The van der Waals surface area contributed by atoms with Gasteiger partial charge in [-0.1, -0.05) is 0 Å². The van der Waals surface area contributed by atoms with Crippen molar-refractivity contribution in [1.82, 2.24) is 5.32 Å². The Kier molecular flexibility index (Phi) is 3.62. The summed E-state index contributed by atoms with van der Waals surface area (Å²) in [5.41, 5.74) is -0.774. The minimum Gasteiger partial charge on any atom is -0.387 e. The molecule has 1 fully saturated rings. The number of amides is 1. The topological polar surface area (TPSA) is 49.3 Å². The minimum absolute atomic E-state index is 0.0985. The van der Waals surface area contributed by atoms with Crippen molar-refractivity contribution in [3.05, 3.63) is 0 Å². The van der Waals surface area contributed by atoms with Crippen LogP contribution in [0.4, 0.5) is 0 Å². The van der Waals surface area contributed by atoms with Crippen LogP contribution in [0.3, 0.4) is 0 Å². The number of carbonyl (C=O) groups excluding carboxylic acids is 1. The molecule has 0 saturated heterocycles. The molecule has 76 valence electrons. The fourth-order valence-corrected chi connectivity index (χ4v) is 1.85. The third-order valence-electron chi connectivity index (χ3n) is 2.05. The molecule has 0 spiro atoms. The monoisotopic (exact) mass is 203 g/mol. The van der Waals surface area contributed by atoms with Crippen LogP contribution in [0.1, 0.15) is 19.8 Å². The van der Waals surface area contributed by atoms with Gasteiger partial charge in [0.05, 0.1) is 5.60 Å². The molecule has 0 heterocycles. The Morgan fingerprint density at radius 3 is 2.77 bits per heavy atom. The maximum Gasteiger partial charge on any atom is 0.223 e. The highest BCUT2D eigenvalue weighted by atomic mass is 32.2. The molecule has 13 heavy (non-hydrogen) atoms. The predicted molar refractivity (Wildman–Crippen MR) is 54.7 cm³/mol. The smallest absolute Gasteiger partial charge is 0.223 e. The second-order valence-electron chi connectivity index (χ2n) is 3.92. The third kappa shape index (κ3) is 4.00. The highest BCUT2D eigenvalue weighted by Gasteiger charge is 2.31. The molecule has 1 amide bonds. The molecule has 3 nitrogen and oxygen atoms in total. The molecular weight excluding hydrogens is 186 g/mol. The van der Waals surface area contributed by atoms with E-state index in [-0.39, 0.29) is 11.8 Å². The first kappa shape index (κ1) is 10.9. The minimum atomic E-state index is -0.774. The van der Waals surface area contributed by atoms with Crippen molar-refractivity contribution in [1.29, 1.82) is 0 Å². The van der Waals surface area contributed by atoms with E-state index >= 15 is 0 Å². The number of hydrogen-bond donors (Lipinski definition) is 2. The average Bonchev–Trinajstić information content (AvgIpc) is 2.82. The van der Waals surface area contributed by atoms with Crippen molar-refractivity contribution in [3.8, 4) is 0 Å². The van der Waals surface area contributed by atoms with E-state index in [2.05, 4.69) is 5.32 Å². The van der Waals surface area contributed by atoms with E-state index in [1.165, 1.54) is 0 Å². The standard InChI is InChI=1S/C9H17NO2S/c1-9(12,6-13-2)5-10-8(11)7-3-4-7/h7,12H,3-6H2,1-2H3,(H,10,11)/t9-/m0/s1. The van der Waals surface area contributed by atoms with Crippen LogP contribution in [-0.4, -0.2) is 35.2 Å². The lowest BCUT2D eigenvalue weighted by Gasteiger charge is -2.22. The van der Waals surface area contributed by atoms with Crippen molar-refractivity contribution in [3.63, 3.8) is 0 Å². The summed E-state index contributed by atoms with van der Waals surface area (Å²) < 4.78 is 0. The van der Waals surface area contributed by atoms with E-state index in [1.807, 2.05) is 6.26 Å². The first-order chi connectivity index (χ1) is 6.05. The van der Waals surface area contributed by atoms with E-state index in [9.17, 15) is 9.90 Å². The molecule has 1 atom stereocenters. The van der Waals surface area contributed by atoms with E-state index in [4.69, 9.17) is 0 Å². The lowest BCUT2D eigenvalue weighted by Crippen LogP contribution is -2.42. The van der Waals surface area contributed by atoms with E-state index in [1.54, 1.807) is 18.7 Å². The van der Waals surface area contributed by atoms with Crippen LogP contribution in [0.5, 0.6) is 0 Å². The second kappa shape index (κ2) is 4.33. The van der Waals surface area contributed by atoms with Gasteiger partial charge in [0, 0.05) is 18.2 Å². The number of nitrogens with one attached hydrogen (secondary N) is 1. The van der Waals surface area contributed by atoms with Gasteiger partial charge in [0.1, 0.15) is 0 Å². The van der Waals surface area contributed by atoms with Crippen LogP contribution in [0.25, 0.3) is 0 Å². The van der Waals surface area contributed by atoms with Gasteiger partial charge in [-0.05, 0) is 26.0 Å². The number of aliphatic hydroxyl groups is 1. The summed E-state index contributed by atoms with van der Waals surface area (Å²) in [6, 6.07) is 0. The predicted octanol–water partition coefficient (Wildman–Crippen LogP) is 0.627. The summed E-state index contributed by atoms with van der Waals surface area (Å²) in [6.45, 7) is 2.11. The van der Waals surface area contributed by atoms with Gasteiger partial charge < -0.3 is 10.4 Å². The number of rotatable bonds is 5. The molecule has 0 unspecified atom stereocenters. The van der Waals surface area contributed by atoms with Gasteiger partial charge in [-0.15, -0.1) is 0 Å². The molecule has 0 aromatic rings. The van der Waals surface area contributed by atoms with Gasteiger partial charge in [0.25, 0.3) is 0 Å². The van der Waals surface area contributed by atoms with Gasteiger partial charge >= 0.3 is 0 Å². The molecule has 4 heteroatoms. The Morgan fingerprint density at radius 2 is 2.31 bits per heavy atom. The van der Waals surface area contributed by atoms with Crippen LogP contribution in [0.2, 0.25) is 0 Å². The van der Waals surface area contributed by atoms with Crippen LogP contribution >= 0.6 is 11.8 Å². The quantitative estimate of drug-likeness (QED) is 0.689. The van der Waals surface area contributed by atoms with Crippen molar-refractivity contribution in [2.24, 2.45) is 5.92 Å². The second-order valence-corrected chi connectivity index (χ2v) is 4.79. The molecule has 0 radical (unpaired) electrons. The first-order valence-corrected chi connectivity index (χ1v) is 5.93. The first-order valence-electron chi connectivity index (χ1n) is 4.54. The van der Waals surface area contributed by atoms with Crippen LogP contribution in [0.15, 0.2) is 0 Å². The van der Waals surface area contributed by atoms with Crippen molar-refractivity contribution in [2.45, 2.75) is 25.4 Å². The number of thioether (sulfide) groups is 1. The van der Waals surface area contributed by atoms with E-state index in [0.717, 1.165) is 12.8 Å². The fraction of sp³-hybridized carbons (Fsp3) is 0.889. The molecule has 0 aromatic heterocycles. The van der Waals surface area contributed by atoms with Crippen LogP contribution in [0, 0.1) is 5.92 Å². The lowest BCUT2D eigenvalue weighted by atomic mass is 10.1. The maximum absolute atomic E-state index is 11.2. The Balaban J connectivity index is 2.19. The number of carbonyl (C=O) groups is 1. The largest absolute Gasteiger partial charge is 0.387 e. The van der Waals surface area contributed by atoms with Crippen molar-refractivity contribution >= 4 is 17.7 Å². The zero-order valence-electron chi connectivity index (χ0n) is 8.17. The third-order valence-corrected chi connectivity index (χ3v) is 2.96. The normalized spacial score (nSPS) is 20.8. The summed E-state index contributed by atoms with van der Waals surface area (Å²) in [4.78, 5) is 11.2. The fourth-order valence-electron chi connectivity index (χ4n) is 1.13. The van der Waals surface area contributed by atoms with Gasteiger partial charge in [0.2, 0.25) is 5.91 Å².